The molecule has 9 heteroatoms. The van der Waals surface area contributed by atoms with Gasteiger partial charge in [-0.1, -0.05) is 6.07 Å². The van der Waals surface area contributed by atoms with Crippen LogP contribution in [0.15, 0.2) is 46.0 Å². The van der Waals surface area contributed by atoms with Crippen LogP contribution in [-0.2, 0) is 4.79 Å². The van der Waals surface area contributed by atoms with Gasteiger partial charge in [0.05, 0.1) is 32.0 Å². The Kier molecular flexibility index (Phi) is 7.08. The molecule has 3 N–H and O–H groups in total. The molecule has 0 aromatic heterocycles. The SMILES string of the molecule is COc1ccc(/C=N/NC(=O)C2CC(c3ccc(OC)c(OC)c3)NN2)cc1Br. The number of methoxy groups -OCH3 is 3. The quantitative estimate of drug-likeness (QED) is 0.432. The molecule has 1 saturated heterocycles. The van der Waals surface area contributed by atoms with Gasteiger partial charge in [0, 0.05) is 6.04 Å². The Morgan fingerprint density at radius 2 is 1.79 bits per heavy atom. The van der Waals surface area contributed by atoms with Crippen molar-refractivity contribution in [2.75, 3.05) is 21.3 Å². The topological polar surface area (TPSA) is 93.2 Å². The van der Waals surface area contributed by atoms with E-state index in [4.69, 9.17) is 14.2 Å². The van der Waals surface area contributed by atoms with Crippen LogP contribution >= 0.6 is 15.9 Å². The number of ether oxygens (including phenoxy) is 3. The van der Waals surface area contributed by atoms with E-state index in [0.717, 1.165) is 21.3 Å². The molecule has 1 heterocycles. The second-order valence-electron chi connectivity index (χ2n) is 6.37. The maximum Gasteiger partial charge on any atom is 0.258 e. The molecule has 2 unspecified atom stereocenters. The number of halogens is 1. The van der Waals surface area contributed by atoms with Crippen molar-refractivity contribution in [2.24, 2.45) is 5.10 Å². The second kappa shape index (κ2) is 9.73. The van der Waals surface area contributed by atoms with Gasteiger partial charge in [-0.05, 0) is 63.8 Å². The van der Waals surface area contributed by atoms with Crippen LogP contribution in [0.5, 0.6) is 17.2 Å². The van der Waals surface area contributed by atoms with Crippen LogP contribution in [0, 0.1) is 0 Å². The minimum Gasteiger partial charge on any atom is -0.496 e. The number of nitrogens with zero attached hydrogens (tertiary/aromatic N) is 1. The third kappa shape index (κ3) is 5.06. The Balaban J connectivity index is 1.57. The Hall–Kier alpha value is -2.62. The summed E-state index contributed by atoms with van der Waals surface area (Å²) in [6.07, 6.45) is 2.15. The smallest absolute Gasteiger partial charge is 0.258 e. The van der Waals surface area contributed by atoms with Gasteiger partial charge in [-0.25, -0.2) is 16.3 Å². The van der Waals surface area contributed by atoms with E-state index >= 15 is 0 Å². The molecule has 2 aromatic rings. The lowest BCUT2D eigenvalue weighted by atomic mass is 10.0. The van der Waals surface area contributed by atoms with Crippen LogP contribution in [-0.4, -0.2) is 39.5 Å². The highest BCUT2D eigenvalue weighted by atomic mass is 79.9. The number of amides is 1. The largest absolute Gasteiger partial charge is 0.496 e. The first-order valence-corrected chi connectivity index (χ1v) is 9.74. The van der Waals surface area contributed by atoms with Gasteiger partial charge >= 0.3 is 0 Å². The number of hydrazone groups is 1. The van der Waals surface area contributed by atoms with Gasteiger partial charge in [-0.15, -0.1) is 0 Å². The highest BCUT2D eigenvalue weighted by Gasteiger charge is 2.30. The first-order valence-electron chi connectivity index (χ1n) is 8.95. The maximum atomic E-state index is 12.4. The van der Waals surface area contributed by atoms with Crippen LogP contribution in [0.1, 0.15) is 23.6 Å². The molecule has 29 heavy (non-hydrogen) atoms. The maximum absolute atomic E-state index is 12.4. The first kappa shape index (κ1) is 21.1. The zero-order chi connectivity index (χ0) is 20.8. The molecule has 0 saturated carbocycles. The minimum atomic E-state index is -0.409. The molecule has 1 aliphatic heterocycles. The number of carbonyl (C=O) groups excluding carboxylic acids is 1. The van der Waals surface area contributed by atoms with E-state index < -0.39 is 6.04 Å². The fraction of sp³-hybridized carbons (Fsp3) is 0.300. The summed E-state index contributed by atoms with van der Waals surface area (Å²) in [6.45, 7) is 0. The predicted octanol–water partition coefficient (Wildman–Crippen LogP) is 2.53. The van der Waals surface area contributed by atoms with E-state index in [1.807, 2.05) is 36.4 Å². The van der Waals surface area contributed by atoms with Crippen LogP contribution in [0.2, 0.25) is 0 Å². The summed E-state index contributed by atoms with van der Waals surface area (Å²) in [6, 6.07) is 10.8. The average molecular weight is 463 g/mol. The number of nitrogens with one attached hydrogen (secondary N) is 3. The van der Waals surface area contributed by atoms with Gasteiger partial charge in [0.1, 0.15) is 11.8 Å². The molecule has 154 valence electrons. The molecule has 1 fully saturated rings. The van der Waals surface area contributed by atoms with E-state index in [9.17, 15) is 4.79 Å². The zero-order valence-corrected chi connectivity index (χ0v) is 17.9. The van der Waals surface area contributed by atoms with Crippen molar-refractivity contribution >= 4 is 28.1 Å². The molecular weight excluding hydrogens is 440 g/mol. The Labute approximate surface area is 177 Å². The summed E-state index contributed by atoms with van der Waals surface area (Å²) in [5, 5.41) is 4.04. The van der Waals surface area contributed by atoms with E-state index in [0.29, 0.717) is 17.9 Å². The van der Waals surface area contributed by atoms with E-state index in [1.54, 1.807) is 27.5 Å². The zero-order valence-electron chi connectivity index (χ0n) is 16.4. The van der Waals surface area contributed by atoms with Gasteiger partial charge in [0.15, 0.2) is 11.5 Å². The molecule has 2 atom stereocenters. The van der Waals surface area contributed by atoms with Crippen LogP contribution < -0.4 is 30.5 Å². The Morgan fingerprint density at radius 3 is 2.48 bits per heavy atom. The van der Waals surface area contributed by atoms with Crippen molar-refractivity contribution < 1.29 is 19.0 Å². The monoisotopic (exact) mass is 462 g/mol. The van der Waals surface area contributed by atoms with Crippen molar-refractivity contribution in [3.05, 3.63) is 52.0 Å². The third-order valence-corrected chi connectivity index (χ3v) is 5.21. The summed E-state index contributed by atoms with van der Waals surface area (Å²) in [5.41, 5.74) is 10.6. The molecule has 0 spiro atoms. The summed E-state index contributed by atoms with van der Waals surface area (Å²) < 4.78 is 16.6. The minimum absolute atomic E-state index is 0.0351. The van der Waals surface area contributed by atoms with Crippen LogP contribution in [0.3, 0.4) is 0 Å². The molecule has 1 amide bonds. The fourth-order valence-corrected chi connectivity index (χ4v) is 3.59. The van der Waals surface area contributed by atoms with Crippen LogP contribution in [0.25, 0.3) is 0 Å². The highest BCUT2D eigenvalue weighted by Crippen LogP contribution is 2.32. The number of rotatable bonds is 7. The number of carbonyl (C=O) groups is 1. The van der Waals surface area contributed by atoms with Crippen molar-refractivity contribution in [1.29, 1.82) is 0 Å². The predicted molar refractivity (Wildman–Crippen MR) is 113 cm³/mol. The summed E-state index contributed by atoms with van der Waals surface area (Å²) in [4.78, 5) is 12.4. The normalized spacial score (nSPS) is 18.6. The molecule has 0 bridgehead atoms. The van der Waals surface area contributed by atoms with Crippen LogP contribution in [0.4, 0.5) is 0 Å². The fourth-order valence-electron chi connectivity index (χ4n) is 3.03. The summed E-state index contributed by atoms with van der Waals surface area (Å²) >= 11 is 3.42. The standard InChI is InChI=1S/C20H23BrN4O4/c1-27-17-6-4-12(8-14(17)21)11-22-25-20(26)16-10-15(23-24-16)13-5-7-18(28-2)19(9-13)29-3/h4-9,11,15-16,23-24H,10H2,1-3H3,(H,25,26)/b22-11+. The van der Waals surface area contributed by atoms with Crippen molar-refractivity contribution in [1.82, 2.24) is 16.3 Å². The van der Waals surface area contributed by atoms with Crippen molar-refractivity contribution in [3.63, 3.8) is 0 Å². The molecule has 8 nitrogen and oxygen atoms in total. The number of hydrogen-bond donors (Lipinski definition) is 3. The Morgan fingerprint density at radius 1 is 1.07 bits per heavy atom. The molecule has 2 aromatic carbocycles. The molecular formula is C20H23BrN4O4. The van der Waals surface area contributed by atoms with Gasteiger partial charge in [0.2, 0.25) is 0 Å². The van der Waals surface area contributed by atoms with E-state index in [1.165, 1.54) is 0 Å². The highest BCUT2D eigenvalue weighted by molar-refractivity contribution is 9.10. The molecule has 0 radical (unpaired) electrons. The van der Waals surface area contributed by atoms with Crippen molar-refractivity contribution in [3.8, 4) is 17.2 Å². The molecule has 1 aliphatic rings. The second-order valence-corrected chi connectivity index (χ2v) is 7.23. The number of hydrogen-bond acceptors (Lipinski definition) is 7. The number of hydrazine groups is 1. The van der Waals surface area contributed by atoms with Gasteiger partial charge in [-0.2, -0.15) is 5.10 Å². The lowest BCUT2D eigenvalue weighted by Crippen LogP contribution is -2.41. The van der Waals surface area contributed by atoms with Gasteiger partial charge in [0.25, 0.3) is 5.91 Å². The third-order valence-electron chi connectivity index (χ3n) is 4.59. The number of benzene rings is 2. The Bertz CT molecular complexity index is 906. The summed E-state index contributed by atoms with van der Waals surface area (Å²) in [7, 11) is 4.79. The average Bonchev–Trinajstić information content (AvgIpc) is 3.23. The first-order chi connectivity index (χ1) is 14.0. The van der Waals surface area contributed by atoms with E-state index in [2.05, 4.69) is 37.3 Å². The van der Waals surface area contributed by atoms with Gasteiger partial charge in [-0.3, -0.25) is 4.79 Å². The summed E-state index contributed by atoms with van der Waals surface area (Å²) in [5.74, 6) is 1.82. The lowest BCUT2D eigenvalue weighted by molar-refractivity contribution is -0.122. The molecule has 0 aliphatic carbocycles. The van der Waals surface area contributed by atoms with Gasteiger partial charge < -0.3 is 14.2 Å². The molecule has 3 rings (SSSR count). The van der Waals surface area contributed by atoms with E-state index in [-0.39, 0.29) is 11.9 Å². The lowest BCUT2D eigenvalue weighted by Gasteiger charge is -2.13. The van der Waals surface area contributed by atoms with Crippen molar-refractivity contribution in [2.45, 2.75) is 18.5 Å².